The Morgan fingerprint density at radius 3 is 2.06 bits per heavy atom. The average Bonchev–Trinajstić information content (AvgIpc) is 3.61. The number of carbonyl (C=O) groups is 2. The van der Waals surface area contributed by atoms with Crippen LogP contribution in [0.15, 0.2) is 29.2 Å². The van der Waals surface area contributed by atoms with Gasteiger partial charge in [-0.2, -0.15) is 4.31 Å². The molecule has 0 bridgehead atoms. The van der Waals surface area contributed by atoms with Crippen molar-refractivity contribution in [2.24, 2.45) is 0 Å². The van der Waals surface area contributed by atoms with Crippen molar-refractivity contribution in [3.05, 3.63) is 29.8 Å². The molecule has 1 aromatic carbocycles. The van der Waals surface area contributed by atoms with Crippen LogP contribution in [-0.4, -0.2) is 86.2 Å². The van der Waals surface area contributed by atoms with Crippen molar-refractivity contribution < 1.29 is 18.0 Å². The molecule has 2 aliphatic heterocycles. The molecule has 0 radical (unpaired) electrons. The molecule has 1 aromatic rings. The molecule has 9 heteroatoms. The molecule has 170 valence electrons. The number of hydrogen-bond donors (Lipinski definition) is 1. The number of rotatable bonds is 6. The highest BCUT2D eigenvalue weighted by Crippen LogP contribution is 2.21. The summed E-state index contributed by atoms with van der Waals surface area (Å²) in [5.74, 6) is -0.0377. The second-order valence-corrected chi connectivity index (χ2v) is 10.7. The third-order valence-electron chi connectivity index (χ3n) is 6.27. The standard InChI is InChI=1S/C22H32N4O4S/c27-21(23-19-7-8-19)17-24-13-15-25(16-14-24)22(28)18-5-9-20(10-6-18)31(29,30)26-11-3-1-2-4-12-26/h5-6,9-10,19H,1-4,7-8,11-17H2,(H,23,27). The molecular weight excluding hydrogens is 416 g/mol. The molecule has 2 amide bonds. The second kappa shape index (κ2) is 9.67. The van der Waals surface area contributed by atoms with E-state index in [9.17, 15) is 18.0 Å². The lowest BCUT2D eigenvalue weighted by Crippen LogP contribution is -2.51. The van der Waals surface area contributed by atoms with Gasteiger partial charge >= 0.3 is 0 Å². The summed E-state index contributed by atoms with van der Waals surface area (Å²) >= 11 is 0. The Balaban J connectivity index is 1.31. The minimum atomic E-state index is -3.51. The average molecular weight is 449 g/mol. The maximum absolute atomic E-state index is 12.9. The van der Waals surface area contributed by atoms with Gasteiger partial charge in [0.05, 0.1) is 11.4 Å². The van der Waals surface area contributed by atoms with E-state index < -0.39 is 10.0 Å². The normalized spacial score (nSPS) is 21.5. The molecule has 1 aliphatic carbocycles. The maximum atomic E-state index is 12.9. The first-order chi connectivity index (χ1) is 14.9. The van der Waals surface area contributed by atoms with E-state index in [2.05, 4.69) is 10.2 Å². The Morgan fingerprint density at radius 2 is 1.48 bits per heavy atom. The van der Waals surface area contributed by atoms with Crippen molar-refractivity contribution in [2.45, 2.75) is 49.5 Å². The Bertz CT molecular complexity index is 883. The fourth-order valence-corrected chi connectivity index (χ4v) is 5.71. The van der Waals surface area contributed by atoms with E-state index in [1.165, 1.54) is 0 Å². The van der Waals surface area contributed by atoms with Crippen molar-refractivity contribution in [1.82, 2.24) is 19.4 Å². The number of amides is 2. The van der Waals surface area contributed by atoms with Gasteiger partial charge in [0.15, 0.2) is 0 Å². The number of piperazine rings is 1. The molecule has 2 saturated heterocycles. The quantitative estimate of drug-likeness (QED) is 0.708. The number of sulfonamides is 1. The molecule has 1 N–H and O–H groups in total. The van der Waals surface area contributed by atoms with Gasteiger partial charge < -0.3 is 10.2 Å². The predicted octanol–water partition coefficient (Wildman–Crippen LogP) is 1.29. The summed E-state index contributed by atoms with van der Waals surface area (Å²) in [7, 11) is -3.51. The lowest BCUT2D eigenvalue weighted by atomic mass is 10.2. The van der Waals surface area contributed by atoms with E-state index in [4.69, 9.17) is 0 Å². The zero-order chi connectivity index (χ0) is 21.8. The Kier molecular flexibility index (Phi) is 6.93. The largest absolute Gasteiger partial charge is 0.352 e. The zero-order valence-electron chi connectivity index (χ0n) is 18.0. The number of hydrogen-bond acceptors (Lipinski definition) is 5. The van der Waals surface area contributed by atoms with Crippen LogP contribution in [0.1, 0.15) is 48.9 Å². The van der Waals surface area contributed by atoms with E-state index in [1.807, 2.05) is 0 Å². The number of carbonyl (C=O) groups excluding carboxylic acids is 2. The molecule has 0 aromatic heterocycles. The number of nitrogens with zero attached hydrogens (tertiary/aromatic N) is 3. The highest BCUT2D eigenvalue weighted by molar-refractivity contribution is 7.89. The highest BCUT2D eigenvalue weighted by Gasteiger charge is 2.28. The van der Waals surface area contributed by atoms with Gasteiger partial charge in [0.1, 0.15) is 0 Å². The van der Waals surface area contributed by atoms with Crippen molar-refractivity contribution in [2.75, 3.05) is 45.8 Å². The van der Waals surface area contributed by atoms with Gasteiger partial charge in [-0.1, -0.05) is 12.8 Å². The first kappa shape index (κ1) is 22.2. The molecule has 2 heterocycles. The van der Waals surface area contributed by atoms with E-state index in [0.29, 0.717) is 57.4 Å². The van der Waals surface area contributed by atoms with Crippen molar-refractivity contribution in [3.8, 4) is 0 Å². The summed E-state index contributed by atoms with van der Waals surface area (Å²) < 4.78 is 27.4. The zero-order valence-corrected chi connectivity index (χ0v) is 18.8. The first-order valence-corrected chi connectivity index (χ1v) is 12.8. The van der Waals surface area contributed by atoms with Crippen LogP contribution in [0.4, 0.5) is 0 Å². The van der Waals surface area contributed by atoms with Crippen LogP contribution < -0.4 is 5.32 Å². The van der Waals surface area contributed by atoms with E-state index in [0.717, 1.165) is 38.5 Å². The number of benzene rings is 1. The molecule has 3 aliphatic rings. The second-order valence-electron chi connectivity index (χ2n) is 8.75. The van der Waals surface area contributed by atoms with Crippen LogP contribution in [0.25, 0.3) is 0 Å². The molecule has 3 fully saturated rings. The Hall–Kier alpha value is -1.97. The van der Waals surface area contributed by atoms with Gasteiger partial charge in [0.25, 0.3) is 5.91 Å². The lowest BCUT2D eigenvalue weighted by molar-refractivity contribution is -0.122. The topological polar surface area (TPSA) is 90.0 Å². The maximum Gasteiger partial charge on any atom is 0.253 e. The van der Waals surface area contributed by atoms with Gasteiger partial charge in [0.2, 0.25) is 15.9 Å². The van der Waals surface area contributed by atoms with Crippen molar-refractivity contribution in [3.63, 3.8) is 0 Å². The molecule has 0 spiro atoms. The molecule has 1 saturated carbocycles. The Morgan fingerprint density at radius 1 is 0.871 bits per heavy atom. The van der Waals surface area contributed by atoms with Crippen LogP contribution >= 0.6 is 0 Å². The van der Waals surface area contributed by atoms with Gasteiger partial charge in [-0.15, -0.1) is 0 Å². The van der Waals surface area contributed by atoms with Crippen LogP contribution in [0.3, 0.4) is 0 Å². The minimum absolute atomic E-state index is 0.0588. The molecule has 31 heavy (non-hydrogen) atoms. The molecule has 0 unspecified atom stereocenters. The van der Waals surface area contributed by atoms with Crippen LogP contribution in [0, 0.1) is 0 Å². The van der Waals surface area contributed by atoms with Crippen LogP contribution in [0.2, 0.25) is 0 Å². The summed E-state index contributed by atoms with van der Waals surface area (Å²) in [6.07, 6.45) is 6.07. The molecular formula is C22H32N4O4S. The third kappa shape index (κ3) is 5.64. The molecule has 0 atom stereocenters. The monoisotopic (exact) mass is 448 g/mol. The van der Waals surface area contributed by atoms with Crippen molar-refractivity contribution in [1.29, 1.82) is 0 Å². The van der Waals surface area contributed by atoms with E-state index in [-0.39, 0.29) is 16.7 Å². The minimum Gasteiger partial charge on any atom is -0.352 e. The molecule has 8 nitrogen and oxygen atoms in total. The fraction of sp³-hybridized carbons (Fsp3) is 0.636. The lowest BCUT2D eigenvalue weighted by Gasteiger charge is -2.34. The fourth-order valence-electron chi connectivity index (χ4n) is 4.20. The van der Waals surface area contributed by atoms with Gasteiger partial charge in [-0.3, -0.25) is 14.5 Å². The van der Waals surface area contributed by atoms with Crippen LogP contribution in [0.5, 0.6) is 0 Å². The summed E-state index contributed by atoms with van der Waals surface area (Å²) in [6, 6.07) is 6.68. The smallest absolute Gasteiger partial charge is 0.253 e. The predicted molar refractivity (Wildman–Crippen MR) is 117 cm³/mol. The van der Waals surface area contributed by atoms with Gasteiger partial charge in [-0.25, -0.2) is 8.42 Å². The molecule has 4 rings (SSSR count). The first-order valence-electron chi connectivity index (χ1n) is 11.3. The SMILES string of the molecule is O=C(CN1CCN(C(=O)c2ccc(S(=O)(=O)N3CCCCCC3)cc2)CC1)NC1CC1. The summed E-state index contributed by atoms with van der Waals surface area (Å²) in [4.78, 5) is 28.9. The van der Waals surface area contributed by atoms with Crippen LogP contribution in [-0.2, 0) is 14.8 Å². The summed E-state index contributed by atoms with van der Waals surface area (Å²) in [5, 5.41) is 2.99. The van der Waals surface area contributed by atoms with Gasteiger partial charge in [-0.05, 0) is 49.9 Å². The number of nitrogens with one attached hydrogen (secondary N) is 1. The van der Waals surface area contributed by atoms with E-state index in [1.54, 1.807) is 33.5 Å². The van der Waals surface area contributed by atoms with Crippen molar-refractivity contribution >= 4 is 21.8 Å². The summed E-state index contributed by atoms with van der Waals surface area (Å²) in [6.45, 7) is 3.93. The van der Waals surface area contributed by atoms with Gasteiger partial charge in [0, 0.05) is 50.9 Å². The highest BCUT2D eigenvalue weighted by atomic mass is 32.2. The third-order valence-corrected chi connectivity index (χ3v) is 8.19. The Labute approximate surface area is 184 Å². The van der Waals surface area contributed by atoms with E-state index >= 15 is 0 Å². The summed E-state index contributed by atoms with van der Waals surface area (Å²) in [5.41, 5.74) is 0.495.